The molecular weight excluding hydrogens is 266 g/mol. The van der Waals surface area contributed by atoms with Gasteiger partial charge in [-0.05, 0) is 62.3 Å². The summed E-state index contributed by atoms with van der Waals surface area (Å²) in [5, 5.41) is 3.19. The van der Waals surface area contributed by atoms with Crippen LogP contribution in [-0.2, 0) is 17.6 Å². The molecule has 1 atom stereocenters. The molecule has 1 fully saturated rings. The van der Waals surface area contributed by atoms with Crippen LogP contribution in [0.5, 0.6) is 0 Å². The molecule has 0 spiro atoms. The van der Waals surface area contributed by atoms with E-state index in [0.717, 1.165) is 12.8 Å². The number of hydrogen-bond acceptors (Lipinski definition) is 2. The predicted molar refractivity (Wildman–Crippen MR) is 84.2 cm³/mol. The SMILES string of the molecule is CC(Sc1ccc2c(c1)CCC2)C(=O)NC1CCCC1. The number of hydrogen-bond donors (Lipinski definition) is 1. The van der Waals surface area contributed by atoms with E-state index in [1.807, 2.05) is 6.92 Å². The Morgan fingerprint density at radius 2 is 1.95 bits per heavy atom. The van der Waals surface area contributed by atoms with Crippen molar-refractivity contribution in [1.82, 2.24) is 5.32 Å². The lowest BCUT2D eigenvalue weighted by Crippen LogP contribution is -2.37. The van der Waals surface area contributed by atoms with Gasteiger partial charge in [-0.15, -0.1) is 11.8 Å². The highest BCUT2D eigenvalue weighted by Gasteiger charge is 2.21. The van der Waals surface area contributed by atoms with Crippen molar-refractivity contribution in [3.05, 3.63) is 29.3 Å². The van der Waals surface area contributed by atoms with Crippen LogP contribution in [0, 0.1) is 0 Å². The number of amides is 1. The van der Waals surface area contributed by atoms with Crippen LogP contribution in [-0.4, -0.2) is 17.2 Å². The summed E-state index contributed by atoms with van der Waals surface area (Å²) in [6.45, 7) is 2.02. The summed E-state index contributed by atoms with van der Waals surface area (Å²) in [5.41, 5.74) is 2.98. The summed E-state index contributed by atoms with van der Waals surface area (Å²) in [5.74, 6) is 0.197. The Bertz CT molecular complexity index is 494. The molecule has 1 saturated carbocycles. The van der Waals surface area contributed by atoms with Gasteiger partial charge in [-0.3, -0.25) is 4.79 Å². The lowest BCUT2D eigenvalue weighted by atomic mass is 10.1. The van der Waals surface area contributed by atoms with E-state index in [0.29, 0.717) is 6.04 Å². The first-order valence-corrected chi connectivity index (χ1v) is 8.69. The molecule has 3 rings (SSSR count). The molecule has 1 amide bonds. The monoisotopic (exact) mass is 289 g/mol. The minimum atomic E-state index is -0.00458. The van der Waals surface area contributed by atoms with Gasteiger partial charge in [0.25, 0.3) is 0 Å². The lowest BCUT2D eigenvalue weighted by molar-refractivity contribution is -0.120. The first-order valence-electron chi connectivity index (χ1n) is 7.81. The van der Waals surface area contributed by atoms with E-state index in [9.17, 15) is 4.79 Å². The molecule has 1 unspecified atom stereocenters. The van der Waals surface area contributed by atoms with Gasteiger partial charge < -0.3 is 5.32 Å². The molecule has 108 valence electrons. The van der Waals surface area contributed by atoms with Crippen molar-refractivity contribution >= 4 is 17.7 Å². The summed E-state index contributed by atoms with van der Waals surface area (Å²) in [6, 6.07) is 7.12. The highest BCUT2D eigenvalue weighted by molar-refractivity contribution is 8.00. The number of rotatable bonds is 4. The van der Waals surface area contributed by atoms with E-state index in [1.54, 1.807) is 11.8 Å². The summed E-state index contributed by atoms with van der Waals surface area (Å²) in [6.07, 6.45) is 8.53. The highest BCUT2D eigenvalue weighted by Crippen LogP contribution is 2.30. The zero-order valence-corrected chi connectivity index (χ0v) is 13.0. The molecule has 1 N–H and O–H groups in total. The van der Waals surface area contributed by atoms with Crippen molar-refractivity contribution < 1.29 is 4.79 Å². The molecule has 0 radical (unpaired) electrons. The van der Waals surface area contributed by atoms with E-state index in [-0.39, 0.29) is 11.2 Å². The van der Waals surface area contributed by atoms with Crippen molar-refractivity contribution in [2.45, 2.75) is 68.1 Å². The Hall–Kier alpha value is -0.960. The zero-order chi connectivity index (χ0) is 13.9. The third kappa shape index (κ3) is 3.20. The molecule has 3 heteroatoms. The number of nitrogens with one attached hydrogen (secondary N) is 1. The number of thioether (sulfide) groups is 1. The molecule has 0 heterocycles. The Morgan fingerprint density at radius 3 is 2.75 bits per heavy atom. The normalized spacial score (nSPS) is 19.9. The molecule has 20 heavy (non-hydrogen) atoms. The number of fused-ring (bicyclic) bond motifs is 1. The zero-order valence-electron chi connectivity index (χ0n) is 12.2. The van der Waals surface area contributed by atoms with Crippen LogP contribution in [0.15, 0.2) is 23.1 Å². The Kier molecular flexibility index (Phi) is 4.35. The second kappa shape index (κ2) is 6.21. The first-order chi connectivity index (χ1) is 9.72. The topological polar surface area (TPSA) is 29.1 Å². The van der Waals surface area contributed by atoms with Crippen LogP contribution in [0.4, 0.5) is 0 Å². The van der Waals surface area contributed by atoms with Crippen LogP contribution in [0.2, 0.25) is 0 Å². The number of aryl methyl sites for hydroxylation is 2. The summed E-state index contributed by atoms with van der Waals surface area (Å²) in [4.78, 5) is 13.4. The fourth-order valence-corrected chi connectivity index (χ4v) is 4.21. The maximum atomic E-state index is 12.2. The van der Waals surface area contributed by atoms with Crippen LogP contribution < -0.4 is 5.32 Å². The molecule has 0 saturated heterocycles. The van der Waals surface area contributed by atoms with Gasteiger partial charge in [0, 0.05) is 10.9 Å². The number of benzene rings is 1. The van der Waals surface area contributed by atoms with Gasteiger partial charge in [0.05, 0.1) is 5.25 Å². The van der Waals surface area contributed by atoms with E-state index >= 15 is 0 Å². The van der Waals surface area contributed by atoms with Crippen molar-refractivity contribution in [3.8, 4) is 0 Å². The molecule has 1 aromatic carbocycles. The highest BCUT2D eigenvalue weighted by atomic mass is 32.2. The third-order valence-corrected chi connectivity index (χ3v) is 5.55. The third-order valence-electron chi connectivity index (χ3n) is 4.45. The predicted octanol–water partition coefficient (Wildman–Crippen LogP) is 3.71. The van der Waals surface area contributed by atoms with E-state index in [4.69, 9.17) is 0 Å². The van der Waals surface area contributed by atoms with E-state index < -0.39 is 0 Å². The fraction of sp³-hybridized carbons (Fsp3) is 0.588. The summed E-state index contributed by atoms with van der Waals surface area (Å²) < 4.78 is 0. The van der Waals surface area contributed by atoms with Gasteiger partial charge in [-0.1, -0.05) is 18.9 Å². The van der Waals surface area contributed by atoms with E-state index in [2.05, 4.69) is 23.5 Å². The standard InChI is InChI=1S/C17H23NOS/c1-12(17(19)18-15-7-2-3-8-15)20-16-10-9-13-5-4-6-14(13)11-16/h9-12,15H,2-8H2,1H3,(H,18,19). The maximum Gasteiger partial charge on any atom is 0.233 e. The minimum Gasteiger partial charge on any atom is -0.352 e. The second-order valence-corrected chi connectivity index (χ2v) is 7.45. The number of carbonyl (C=O) groups excluding carboxylic acids is 1. The van der Waals surface area contributed by atoms with Crippen LogP contribution in [0.1, 0.15) is 50.2 Å². The molecule has 2 aliphatic carbocycles. The Morgan fingerprint density at radius 1 is 1.20 bits per heavy atom. The van der Waals surface area contributed by atoms with Crippen molar-refractivity contribution in [1.29, 1.82) is 0 Å². The molecule has 0 aliphatic heterocycles. The van der Waals surface area contributed by atoms with Gasteiger partial charge in [0.1, 0.15) is 0 Å². The average molecular weight is 289 g/mol. The molecule has 1 aromatic rings. The van der Waals surface area contributed by atoms with Gasteiger partial charge in [-0.2, -0.15) is 0 Å². The van der Waals surface area contributed by atoms with Gasteiger partial charge >= 0.3 is 0 Å². The first kappa shape index (κ1) is 14.0. The lowest BCUT2D eigenvalue weighted by Gasteiger charge is -2.16. The minimum absolute atomic E-state index is 0.00458. The second-order valence-electron chi connectivity index (χ2n) is 6.03. The maximum absolute atomic E-state index is 12.2. The van der Waals surface area contributed by atoms with E-state index in [1.165, 1.54) is 48.1 Å². The largest absolute Gasteiger partial charge is 0.352 e. The average Bonchev–Trinajstić information content (AvgIpc) is 3.08. The summed E-state index contributed by atoms with van der Waals surface area (Å²) >= 11 is 1.69. The van der Waals surface area contributed by atoms with Crippen molar-refractivity contribution in [2.24, 2.45) is 0 Å². The fourth-order valence-electron chi connectivity index (χ4n) is 3.27. The van der Waals surface area contributed by atoms with Crippen molar-refractivity contribution in [3.63, 3.8) is 0 Å². The molecular formula is C17H23NOS. The van der Waals surface area contributed by atoms with Gasteiger partial charge in [0.15, 0.2) is 0 Å². The van der Waals surface area contributed by atoms with Crippen molar-refractivity contribution in [2.75, 3.05) is 0 Å². The van der Waals surface area contributed by atoms with Gasteiger partial charge in [-0.25, -0.2) is 0 Å². The molecule has 0 bridgehead atoms. The number of carbonyl (C=O) groups is 1. The summed E-state index contributed by atoms with van der Waals surface area (Å²) in [7, 11) is 0. The van der Waals surface area contributed by atoms with Crippen LogP contribution in [0.25, 0.3) is 0 Å². The molecule has 2 nitrogen and oxygen atoms in total. The molecule has 2 aliphatic rings. The quantitative estimate of drug-likeness (QED) is 0.856. The molecule has 0 aromatic heterocycles. The Balaban J connectivity index is 1.57. The Labute approximate surface area is 125 Å². The van der Waals surface area contributed by atoms with Gasteiger partial charge in [0.2, 0.25) is 5.91 Å². The van der Waals surface area contributed by atoms with Crippen LogP contribution in [0.3, 0.4) is 0 Å². The van der Waals surface area contributed by atoms with Crippen LogP contribution >= 0.6 is 11.8 Å². The smallest absolute Gasteiger partial charge is 0.233 e.